The molecule has 126 valence electrons. The van der Waals surface area contributed by atoms with Crippen LogP contribution in [0.4, 0.5) is 5.69 Å². The summed E-state index contributed by atoms with van der Waals surface area (Å²) in [4.78, 5) is 13.2. The SMILES string of the molecule is CCC(=NS(=O)(=O)c1ccc(NC(C)=O)cc1)N1CCCCC1. The number of sulfonamides is 1. The zero-order valence-corrected chi connectivity index (χ0v) is 14.4. The normalized spacial score (nSPS) is 16.3. The zero-order valence-electron chi connectivity index (χ0n) is 13.6. The summed E-state index contributed by atoms with van der Waals surface area (Å²) >= 11 is 0. The van der Waals surface area contributed by atoms with Gasteiger partial charge in [-0.2, -0.15) is 8.42 Å². The molecule has 1 aliphatic heterocycles. The number of amidine groups is 1. The number of rotatable bonds is 4. The molecule has 0 saturated carbocycles. The molecule has 1 heterocycles. The van der Waals surface area contributed by atoms with Gasteiger partial charge in [-0.25, -0.2) is 0 Å². The van der Waals surface area contributed by atoms with E-state index in [9.17, 15) is 13.2 Å². The first-order valence-electron chi connectivity index (χ1n) is 7.89. The van der Waals surface area contributed by atoms with Crippen LogP contribution >= 0.6 is 0 Å². The second-order valence-electron chi connectivity index (χ2n) is 5.59. The van der Waals surface area contributed by atoms with E-state index in [1.54, 1.807) is 12.1 Å². The molecule has 1 aliphatic rings. The van der Waals surface area contributed by atoms with Crippen molar-refractivity contribution in [2.45, 2.75) is 44.4 Å². The third-order valence-electron chi connectivity index (χ3n) is 3.74. The molecule has 2 rings (SSSR count). The molecule has 0 aromatic heterocycles. The number of hydrogen-bond donors (Lipinski definition) is 1. The highest BCUT2D eigenvalue weighted by atomic mass is 32.2. The molecule has 1 amide bonds. The Kier molecular flexibility index (Phi) is 5.76. The Morgan fingerprint density at radius 3 is 2.30 bits per heavy atom. The summed E-state index contributed by atoms with van der Waals surface area (Å²) < 4.78 is 29.0. The average molecular weight is 337 g/mol. The van der Waals surface area contributed by atoms with Gasteiger partial charge in [0.25, 0.3) is 10.0 Å². The van der Waals surface area contributed by atoms with Gasteiger partial charge in [0.05, 0.1) is 4.90 Å². The Bertz CT molecular complexity index is 675. The van der Waals surface area contributed by atoms with E-state index in [4.69, 9.17) is 0 Å². The fraction of sp³-hybridized carbons (Fsp3) is 0.500. The van der Waals surface area contributed by atoms with Crippen molar-refractivity contribution in [3.63, 3.8) is 0 Å². The number of likely N-dealkylation sites (tertiary alicyclic amines) is 1. The number of anilines is 1. The molecule has 1 fully saturated rings. The Balaban J connectivity index is 2.22. The highest BCUT2D eigenvalue weighted by Crippen LogP contribution is 2.18. The summed E-state index contributed by atoms with van der Waals surface area (Å²) in [5.74, 6) is 0.424. The third kappa shape index (κ3) is 4.79. The predicted molar refractivity (Wildman–Crippen MR) is 91.1 cm³/mol. The van der Waals surface area contributed by atoms with Crippen molar-refractivity contribution >= 4 is 27.5 Å². The molecular formula is C16H23N3O3S. The molecular weight excluding hydrogens is 314 g/mol. The highest BCUT2D eigenvalue weighted by molar-refractivity contribution is 7.90. The highest BCUT2D eigenvalue weighted by Gasteiger charge is 2.19. The van der Waals surface area contributed by atoms with Gasteiger partial charge in [-0.05, 0) is 43.5 Å². The molecule has 0 spiro atoms. The number of benzene rings is 1. The number of nitrogens with one attached hydrogen (secondary N) is 1. The molecule has 7 heteroatoms. The van der Waals surface area contributed by atoms with E-state index in [-0.39, 0.29) is 10.8 Å². The quantitative estimate of drug-likeness (QED) is 0.676. The van der Waals surface area contributed by atoms with Crippen LogP contribution in [0.3, 0.4) is 0 Å². The van der Waals surface area contributed by atoms with Crippen molar-refractivity contribution in [3.05, 3.63) is 24.3 Å². The summed E-state index contributed by atoms with van der Waals surface area (Å²) in [6, 6.07) is 6.06. The molecule has 1 saturated heterocycles. The molecule has 1 N–H and O–H groups in total. The number of carbonyl (C=O) groups excluding carboxylic acids is 1. The van der Waals surface area contributed by atoms with Crippen molar-refractivity contribution in [2.75, 3.05) is 18.4 Å². The lowest BCUT2D eigenvalue weighted by molar-refractivity contribution is -0.114. The van der Waals surface area contributed by atoms with Gasteiger partial charge in [0.1, 0.15) is 5.84 Å². The van der Waals surface area contributed by atoms with Crippen LogP contribution in [0.1, 0.15) is 39.5 Å². The van der Waals surface area contributed by atoms with Gasteiger partial charge < -0.3 is 10.2 Å². The molecule has 1 aromatic carbocycles. The van der Waals surface area contributed by atoms with Gasteiger partial charge in [0.2, 0.25) is 5.91 Å². The zero-order chi connectivity index (χ0) is 16.9. The van der Waals surface area contributed by atoms with E-state index in [1.807, 2.05) is 6.92 Å². The van der Waals surface area contributed by atoms with Gasteiger partial charge in [-0.15, -0.1) is 4.40 Å². The minimum Gasteiger partial charge on any atom is -0.359 e. The molecule has 6 nitrogen and oxygen atoms in total. The maximum absolute atomic E-state index is 12.5. The number of hydrogen-bond acceptors (Lipinski definition) is 3. The Morgan fingerprint density at radius 1 is 1.17 bits per heavy atom. The van der Waals surface area contributed by atoms with Crippen molar-refractivity contribution in [3.8, 4) is 0 Å². The summed E-state index contributed by atoms with van der Waals surface area (Å²) in [6.07, 6.45) is 3.92. The predicted octanol–water partition coefficient (Wildman–Crippen LogP) is 2.63. The maximum Gasteiger partial charge on any atom is 0.283 e. The van der Waals surface area contributed by atoms with E-state index in [0.29, 0.717) is 17.9 Å². The summed E-state index contributed by atoms with van der Waals surface area (Å²) in [5.41, 5.74) is 0.562. The molecule has 23 heavy (non-hydrogen) atoms. The van der Waals surface area contributed by atoms with Crippen LogP contribution in [0.15, 0.2) is 33.6 Å². The third-order valence-corrected chi connectivity index (χ3v) is 5.05. The van der Waals surface area contributed by atoms with E-state index >= 15 is 0 Å². The molecule has 0 atom stereocenters. The van der Waals surface area contributed by atoms with Crippen molar-refractivity contribution in [1.29, 1.82) is 0 Å². The van der Waals surface area contributed by atoms with E-state index in [2.05, 4.69) is 14.6 Å². The second kappa shape index (κ2) is 7.59. The first-order chi connectivity index (χ1) is 10.9. The monoisotopic (exact) mass is 337 g/mol. The Hall–Kier alpha value is -1.89. The minimum absolute atomic E-state index is 0.134. The van der Waals surface area contributed by atoms with Crippen LogP contribution in [0.5, 0.6) is 0 Å². The lowest BCUT2D eigenvalue weighted by Crippen LogP contribution is -2.35. The number of carbonyl (C=O) groups is 1. The van der Waals surface area contributed by atoms with Crippen LogP contribution in [0.25, 0.3) is 0 Å². The molecule has 1 aromatic rings. The topological polar surface area (TPSA) is 78.8 Å². The Morgan fingerprint density at radius 2 is 1.78 bits per heavy atom. The van der Waals surface area contributed by atoms with E-state index in [0.717, 1.165) is 25.9 Å². The van der Waals surface area contributed by atoms with Gasteiger partial charge in [-0.1, -0.05) is 6.92 Å². The van der Waals surface area contributed by atoms with Crippen molar-refractivity contribution in [1.82, 2.24) is 4.90 Å². The summed E-state index contributed by atoms with van der Waals surface area (Å²) in [5, 5.41) is 2.61. The Labute approximate surface area is 137 Å². The van der Waals surface area contributed by atoms with Gasteiger partial charge >= 0.3 is 0 Å². The van der Waals surface area contributed by atoms with Crippen LogP contribution in [-0.2, 0) is 14.8 Å². The van der Waals surface area contributed by atoms with Gasteiger partial charge in [0.15, 0.2) is 0 Å². The van der Waals surface area contributed by atoms with Gasteiger partial charge in [-0.3, -0.25) is 4.79 Å². The smallest absolute Gasteiger partial charge is 0.283 e. The largest absolute Gasteiger partial charge is 0.359 e. The number of amides is 1. The first-order valence-corrected chi connectivity index (χ1v) is 9.33. The molecule has 0 radical (unpaired) electrons. The summed E-state index contributed by atoms with van der Waals surface area (Å²) in [6.45, 7) is 5.05. The van der Waals surface area contributed by atoms with Crippen molar-refractivity contribution < 1.29 is 13.2 Å². The van der Waals surface area contributed by atoms with E-state index in [1.165, 1.54) is 25.5 Å². The van der Waals surface area contributed by atoms with Crippen LogP contribution in [0, 0.1) is 0 Å². The molecule has 0 unspecified atom stereocenters. The maximum atomic E-state index is 12.5. The minimum atomic E-state index is -3.73. The number of nitrogens with zero attached hydrogens (tertiary/aromatic N) is 2. The van der Waals surface area contributed by atoms with Crippen LogP contribution in [-0.4, -0.2) is 38.2 Å². The second-order valence-corrected chi connectivity index (χ2v) is 7.19. The van der Waals surface area contributed by atoms with Crippen molar-refractivity contribution in [2.24, 2.45) is 4.40 Å². The summed E-state index contributed by atoms with van der Waals surface area (Å²) in [7, 11) is -3.73. The van der Waals surface area contributed by atoms with Gasteiger partial charge in [0, 0.05) is 32.1 Å². The lowest BCUT2D eigenvalue weighted by atomic mass is 10.1. The van der Waals surface area contributed by atoms with Crippen LogP contribution in [0.2, 0.25) is 0 Å². The van der Waals surface area contributed by atoms with E-state index < -0.39 is 10.0 Å². The number of piperidine rings is 1. The molecule has 0 bridgehead atoms. The van der Waals surface area contributed by atoms with Crippen LogP contribution < -0.4 is 5.32 Å². The average Bonchev–Trinajstić information content (AvgIpc) is 2.53. The lowest BCUT2D eigenvalue weighted by Gasteiger charge is -2.29. The molecule has 0 aliphatic carbocycles. The fourth-order valence-electron chi connectivity index (χ4n) is 2.60. The first kappa shape index (κ1) is 17.5. The standard InChI is InChI=1S/C16H23N3O3S/c1-3-16(19-11-5-4-6-12-19)18-23(21,22)15-9-7-14(8-10-15)17-13(2)20/h7-10H,3-6,11-12H2,1-2H3,(H,17,20). The fourth-order valence-corrected chi connectivity index (χ4v) is 3.71.